The molecule has 2 N–H and O–H groups in total. The maximum atomic E-state index is 12.0. The van der Waals surface area contributed by atoms with Crippen molar-refractivity contribution in [1.82, 2.24) is 15.1 Å². The average Bonchev–Trinajstić information content (AvgIpc) is 2.92. The van der Waals surface area contributed by atoms with Crippen molar-refractivity contribution in [1.29, 1.82) is 0 Å². The number of rotatable bonds is 9. The number of hydrogen-bond acceptors (Lipinski definition) is 5. The lowest BCUT2D eigenvalue weighted by molar-refractivity contribution is -0.116. The molecule has 2 aromatic rings. The Balaban J connectivity index is 1.15. The molecule has 0 radical (unpaired) electrons. The number of benzene rings is 2. The lowest BCUT2D eigenvalue weighted by Crippen LogP contribution is -2.49. The van der Waals surface area contributed by atoms with Crippen molar-refractivity contribution >= 4 is 12.0 Å². The van der Waals surface area contributed by atoms with E-state index in [1.807, 2.05) is 50.3 Å². The lowest BCUT2D eigenvalue weighted by Gasteiger charge is -2.40. The van der Waals surface area contributed by atoms with Crippen LogP contribution >= 0.6 is 0 Å². The van der Waals surface area contributed by atoms with E-state index >= 15 is 0 Å². The molecule has 6 nitrogen and oxygen atoms in total. The number of carbonyl (C=O) groups is 1. The normalized spacial score (nSPS) is 20.5. The summed E-state index contributed by atoms with van der Waals surface area (Å²) in [5.74, 6) is 1.38. The Kier molecular flexibility index (Phi) is 8.93. The molecular weight excluding hydrogens is 462 g/mol. The Bertz CT molecular complexity index is 1110. The maximum absolute atomic E-state index is 12.0. The molecule has 0 aliphatic carbocycles. The van der Waals surface area contributed by atoms with Crippen LogP contribution in [0, 0.1) is 20.8 Å². The third kappa shape index (κ3) is 6.93. The summed E-state index contributed by atoms with van der Waals surface area (Å²) < 4.78 is 6.62. The molecule has 1 saturated heterocycles. The number of piperazine rings is 1. The van der Waals surface area contributed by atoms with Crippen molar-refractivity contribution in [2.45, 2.75) is 59.0 Å². The van der Waals surface area contributed by atoms with E-state index in [-0.39, 0.29) is 11.5 Å². The van der Waals surface area contributed by atoms with Gasteiger partial charge in [-0.15, -0.1) is 0 Å². The Hall–Kier alpha value is -2.83. The Labute approximate surface area is 222 Å². The number of amides is 1. The number of carbonyl (C=O) groups excluding carboxylic acids is 1. The Morgan fingerprint density at radius 3 is 2.41 bits per heavy atom. The Morgan fingerprint density at radius 2 is 1.70 bits per heavy atom. The van der Waals surface area contributed by atoms with Gasteiger partial charge >= 0.3 is 0 Å². The minimum Gasteiger partial charge on any atom is -0.507 e. The summed E-state index contributed by atoms with van der Waals surface area (Å²) in [5.41, 5.74) is 5.01. The number of phenolic OH excluding ortho intramolecular Hbond substituents is 1. The zero-order valence-corrected chi connectivity index (χ0v) is 23.0. The minimum absolute atomic E-state index is 0.0351. The number of fused-ring (bicyclic) bond motifs is 1. The summed E-state index contributed by atoms with van der Waals surface area (Å²) in [6.45, 7) is 15.3. The fraction of sp³-hybridized carbons (Fsp3) is 0.516. The van der Waals surface area contributed by atoms with Crippen molar-refractivity contribution in [2.75, 3.05) is 45.8 Å². The van der Waals surface area contributed by atoms with Crippen LogP contribution in [0.3, 0.4) is 0 Å². The van der Waals surface area contributed by atoms with Crippen LogP contribution in [0.5, 0.6) is 11.5 Å². The molecular formula is C31H43N3O3. The van der Waals surface area contributed by atoms with Crippen molar-refractivity contribution in [3.8, 4) is 11.5 Å². The van der Waals surface area contributed by atoms with Gasteiger partial charge in [0.15, 0.2) is 0 Å². The number of ether oxygens (including phenoxy) is 1. The summed E-state index contributed by atoms with van der Waals surface area (Å²) in [6.07, 6.45) is 7.36. The summed E-state index contributed by atoms with van der Waals surface area (Å²) in [5, 5.41) is 13.4. The molecule has 200 valence electrons. The average molecular weight is 506 g/mol. The first-order valence-corrected chi connectivity index (χ1v) is 13.7. The van der Waals surface area contributed by atoms with E-state index in [4.69, 9.17) is 4.74 Å². The molecule has 37 heavy (non-hydrogen) atoms. The smallest absolute Gasteiger partial charge is 0.243 e. The molecule has 1 unspecified atom stereocenters. The van der Waals surface area contributed by atoms with Crippen molar-refractivity contribution in [3.05, 3.63) is 64.2 Å². The second-order valence-electron chi connectivity index (χ2n) is 10.9. The predicted molar refractivity (Wildman–Crippen MR) is 150 cm³/mol. The largest absolute Gasteiger partial charge is 0.507 e. The van der Waals surface area contributed by atoms with Crippen LogP contribution in [0.1, 0.15) is 54.0 Å². The fourth-order valence-electron chi connectivity index (χ4n) is 5.41. The molecule has 2 aliphatic rings. The van der Waals surface area contributed by atoms with E-state index < -0.39 is 0 Å². The van der Waals surface area contributed by atoms with Gasteiger partial charge in [0.25, 0.3) is 0 Å². The number of aromatic hydroxyl groups is 1. The van der Waals surface area contributed by atoms with Crippen molar-refractivity contribution < 1.29 is 14.6 Å². The molecule has 0 aromatic heterocycles. The molecule has 1 fully saturated rings. The van der Waals surface area contributed by atoms with Gasteiger partial charge in [-0.05, 0) is 88.3 Å². The number of nitrogens with one attached hydrogen (secondary N) is 1. The lowest BCUT2D eigenvalue weighted by atomic mass is 9.85. The molecule has 0 spiro atoms. The highest BCUT2D eigenvalue weighted by molar-refractivity contribution is 5.91. The molecule has 6 heteroatoms. The van der Waals surface area contributed by atoms with E-state index in [1.54, 1.807) is 6.08 Å². The van der Waals surface area contributed by atoms with Crippen LogP contribution in [0.2, 0.25) is 0 Å². The van der Waals surface area contributed by atoms with Crippen LogP contribution in [-0.4, -0.2) is 72.2 Å². The number of nitrogens with zero attached hydrogens (tertiary/aromatic N) is 2. The highest BCUT2D eigenvalue weighted by Gasteiger charge is 2.35. The summed E-state index contributed by atoms with van der Waals surface area (Å²) in [4.78, 5) is 17.1. The van der Waals surface area contributed by atoms with Crippen molar-refractivity contribution in [3.63, 3.8) is 0 Å². The third-order valence-corrected chi connectivity index (χ3v) is 8.19. The molecule has 1 atom stereocenters. The van der Waals surface area contributed by atoms with Gasteiger partial charge in [-0.2, -0.15) is 0 Å². The van der Waals surface area contributed by atoms with E-state index in [9.17, 15) is 9.90 Å². The molecule has 4 rings (SSSR count). The highest BCUT2D eigenvalue weighted by atomic mass is 16.5. The molecule has 0 bridgehead atoms. The van der Waals surface area contributed by atoms with Crippen LogP contribution in [0.4, 0.5) is 0 Å². The van der Waals surface area contributed by atoms with Gasteiger partial charge in [-0.3, -0.25) is 4.79 Å². The minimum atomic E-state index is -0.169. The first-order valence-electron chi connectivity index (χ1n) is 13.7. The van der Waals surface area contributed by atoms with Crippen LogP contribution in [-0.2, 0) is 11.2 Å². The maximum Gasteiger partial charge on any atom is 0.243 e. The van der Waals surface area contributed by atoms with Gasteiger partial charge in [0, 0.05) is 50.9 Å². The quantitative estimate of drug-likeness (QED) is 0.384. The van der Waals surface area contributed by atoms with Gasteiger partial charge in [0.1, 0.15) is 17.1 Å². The molecule has 0 saturated carbocycles. The monoisotopic (exact) mass is 505 g/mol. The van der Waals surface area contributed by atoms with E-state index in [0.29, 0.717) is 12.3 Å². The fourth-order valence-corrected chi connectivity index (χ4v) is 5.41. The van der Waals surface area contributed by atoms with Crippen LogP contribution < -0.4 is 10.1 Å². The summed E-state index contributed by atoms with van der Waals surface area (Å²) in [7, 11) is 0. The van der Waals surface area contributed by atoms with E-state index in [2.05, 4.69) is 29.0 Å². The van der Waals surface area contributed by atoms with Crippen molar-refractivity contribution in [2.24, 2.45) is 0 Å². The Morgan fingerprint density at radius 1 is 1.03 bits per heavy atom. The zero-order valence-electron chi connectivity index (χ0n) is 23.0. The standard InChI is InChI=1S/C31H43N3O3/c1-23-24(2)30-27(25(3)29(23)36)13-14-31(4,37-30)15-18-34-21-19-33(20-22-34)17-8-16-32-28(35)12-11-26-9-6-5-7-10-26/h5-7,9-12,36H,8,13-22H2,1-4H3,(H,32,35)/b12-11+. The molecule has 1 amide bonds. The first kappa shape index (κ1) is 27.2. The molecule has 2 aromatic carbocycles. The van der Waals surface area contributed by atoms with Gasteiger partial charge in [0.05, 0.1) is 0 Å². The van der Waals surface area contributed by atoms with Gasteiger partial charge in [0.2, 0.25) is 5.91 Å². The van der Waals surface area contributed by atoms with Gasteiger partial charge in [-0.1, -0.05) is 30.3 Å². The van der Waals surface area contributed by atoms with Gasteiger partial charge in [-0.25, -0.2) is 0 Å². The SMILES string of the molecule is Cc1c(C)c2c(c(C)c1O)CCC(C)(CCN1CCN(CCCNC(=O)/C=C/c3ccccc3)CC1)O2. The third-order valence-electron chi connectivity index (χ3n) is 8.19. The zero-order chi connectivity index (χ0) is 26.4. The summed E-state index contributed by atoms with van der Waals surface area (Å²) >= 11 is 0. The topological polar surface area (TPSA) is 65.0 Å². The second-order valence-corrected chi connectivity index (χ2v) is 10.9. The van der Waals surface area contributed by atoms with E-state index in [0.717, 1.165) is 93.0 Å². The highest BCUT2D eigenvalue weighted by Crippen LogP contribution is 2.44. The number of phenols is 1. The van der Waals surface area contributed by atoms with E-state index in [1.165, 1.54) is 5.56 Å². The summed E-state index contributed by atoms with van der Waals surface area (Å²) in [6, 6.07) is 9.88. The molecule has 2 heterocycles. The predicted octanol–water partition coefficient (Wildman–Crippen LogP) is 4.63. The second kappa shape index (κ2) is 12.1. The first-order chi connectivity index (χ1) is 17.8. The number of hydrogen-bond donors (Lipinski definition) is 2. The van der Waals surface area contributed by atoms with Crippen LogP contribution in [0.25, 0.3) is 6.08 Å². The molecule has 2 aliphatic heterocycles. The van der Waals surface area contributed by atoms with Gasteiger partial charge < -0.3 is 25.0 Å². The van der Waals surface area contributed by atoms with Crippen LogP contribution in [0.15, 0.2) is 36.4 Å².